The van der Waals surface area contributed by atoms with E-state index in [0.717, 1.165) is 11.3 Å². The summed E-state index contributed by atoms with van der Waals surface area (Å²) in [5.74, 6) is 2.04. The van der Waals surface area contributed by atoms with Crippen LogP contribution in [0.3, 0.4) is 0 Å². The van der Waals surface area contributed by atoms with Crippen molar-refractivity contribution in [2.45, 2.75) is 6.92 Å². The first-order chi connectivity index (χ1) is 9.65. The lowest BCUT2D eigenvalue weighted by Gasteiger charge is -2.10. The molecule has 3 rings (SSSR count). The molecule has 0 bridgehead atoms. The van der Waals surface area contributed by atoms with Gasteiger partial charge in [-0.15, -0.1) is 0 Å². The zero-order valence-corrected chi connectivity index (χ0v) is 11.7. The summed E-state index contributed by atoms with van der Waals surface area (Å²) in [4.78, 5) is 8.03. The van der Waals surface area contributed by atoms with Crippen LogP contribution in [0, 0.1) is 5.92 Å². The van der Waals surface area contributed by atoms with Crippen molar-refractivity contribution in [2.24, 2.45) is 5.92 Å². The molecule has 104 valence electrons. The van der Waals surface area contributed by atoms with Gasteiger partial charge in [0, 0.05) is 11.5 Å². The Kier molecular flexibility index (Phi) is 3.36. The third kappa shape index (κ3) is 2.36. The maximum atomic E-state index is 6.14. The molecule has 0 spiro atoms. The molecule has 1 aliphatic heterocycles. The number of nitrogens with two attached hydrogens (primary N) is 1. The molecule has 2 N–H and O–H groups in total. The van der Waals surface area contributed by atoms with Crippen molar-refractivity contribution in [3.63, 3.8) is 0 Å². The monoisotopic (exact) mass is 291 g/mol. The first-order valence-corrected chi connectivity index (χ1v) is 6.69. The summed E-state index contributed by atoms with van der Waals surface area (Å²) >= 11 is 6.14. The fourth-order valence-electron chi connectivity index (χ4n) is 1.98. The van der Waals surface area contributed by atoms with Crippen molar-refractivity contribution in [3.8, 4) is 22.8 Å². The lowest BCUT2D eigenvalue weighted by molar-refractivity contribution is 0.228. The van der Waals surface area contributed by atoms with Gasteiger partial charge in [-0.1, -0.05) is 18.5 Å². The van der Waals surface area contributed by atoms with Gasteiger partial charge in [0.25, 0.3) is 0 Å². The Morgan fingerprint density at radius 3 is 2.75 bits per heavy atom. The molecule has 2 heterocycles. The molecular weight excluding hydrogens is 278 g/mol. The SMILES string of the molecule is CC1COc2ccc(-c3ncnc(N)c3Cl)cc2OC1. The van der Waals surface area contributed by atoms with Crippen LogP contribution in [0.15, 0.2) is 24.5 Å². The maximum Gasteiger partial charge on any atom is 0.161 e. The van der Waals surface area contributed by atoms with Gasteiger partial charge in [0.05, 0.1) is 18.9 Å². The number of halogens is 1. The molecule has 5 nitrogen and oxygen atoms in total. The summed E-state index contributed by atoms with van der Waals surface area (Å²) in [5.41, 5.74) is 7.11. The van der Waals surface area contributed by atoms with E-state index in [1.54, 1.807) is 0 Å². The van der Waals surface area contributed by atoms with Crippen molar-refractivity contribution in [1.29, 1.82) is 0 Å². The minimum absolute atomic E-state index is 0.261. The normalized spacial score (nSPS) is 17.6. The summed E-state index contributed by atoms with van der Waals surface area (Å²) in [6, 6.07) is 5.60. The zero-order valence-electron chi connectivity index (χ0n) is 11.0. The second-order valence-electron chi connectivity index (χ2n) is 4.81. The van der Waals surface area contributed by atoms with Crippen LogP contribution in [0.1, 0.15) is 6.92 Å². The van der Waals surface area contributed by atoms with E-state index in [9.17, 15) is 0 Å². The highest BCUT2D eigenvalue weighted by Gasteiger charge is 2.17. The Hall–Kier alpha value is -2.01. The Balaban J connectivity index is 2.02. The molecule has 0 fully saturated rings. The van der Waals surface area contributed by atoms with Crippen molar-refractivity contribution < 1.29 is 9.47 Å². The van der Waals surface area contributed by atoms with E-state index >= 15 is 0 Å². The molecule has 1 aromatic heterocycles. The first kappa shape index (κ1) is 13.0. The van der Waals surface area contributed by atoms with Gasteiger partial charge in [0.1, 0.15) is 17.2 Å². The van der Waals surface area contributed by atoms with E-state index in [1.165, 1.54) is 6.33 Å². The van der Waals surface area contributed by atoms with Crippen LogP contribution in [-0.2, 0) is 0 Å². The van der Waals surface area contributed by atoms with Crippen LogP contribution in [0.2, 0.25) is 5.02 Å². The average Bonchev–Trinajstić information content (AvgIpc) is 2.64. The summed E-state index contributed by atoms with van der Waals surface area (Å²) in [6.45, 7) is 3.35. The second-order valence-corrected chi connectivity index (χ2v) is 5.19. The van der Waals surface area contributed by atoms with E-state index in [1.807, 2.05) is 18.2 Å². The third-order valence-electron chi connectivity index (χ3n) is 3.08. The minimum Gasteiger partial charge on any atom is -0.489 e. The predicted octanol–water partition coefficient (Wildman–Crippen LogP) is 2.79. The fraction of sp³-hybridized carbons (Fsp3) is 0.286. The molecule has 20 heavy (non-hydrogen) atoms. The number of nitrogen functional groups attached to an aromatic ring is 1. The summed E-state index contributed by atoms with van der Waals surface area (Å²) < 4.78 is 11.4. The lowest BCUT2D eigenvalue weighted by Crippen LogP contribution is -2.12. The van der Waals surface area contributed by atoms with Gasteiger partial charge in [-0.25, -0.2) is 9.97 Å². The van der Waals surface area contributed by atoms with Crippen LogP contribution in [0.4, 0.5) is 5.82 Å². The Morgan fingerprint density at radius 2 is 1.95 bits per heavy atom. The van der Waals surface area contributed by atoms with E-state index in [4.69, 9.17) is 26.8 Å². The Bertz CT molecular complexity index is 648. The fourth-order valence-corrected chi connectivity index (χ4v) is 2.19. The van der Waals surface area contributed by atoms with E-state index in [0.29, 0.717) is 35.6 Å². The maximum absolute atomic E-state index is 6.14. The molecule has 0 radical (unpaired) electrons. The zero-order chi connectivity index (χ0) is 14.1. The highest BCUT2D eigenvalue weighted by molar-refractivity contribution is 6.35. The highest BCUT2D eigenvalue weighted by Crippen LogP contribution is 2.36. The molecule has 1 aliphatic rings. The molecule has 0 amide bonds. The Labute approximate surface area is 121 Å². The number of aromatic nitrogens is 2. The number of fused-ring (bicyclic) bond motifs is 1. The smallest absolute Gasteiger partial charge is 0.161 e. The minimum atomic E-state index is 0.261. The lowest BCUT2D eigenvalue weighted by atomic mass is 10.1. The van der Waals surface area contributed by atoms with Gasteiger partial charge in [-0.05, 0) is 18.2 Å². The molecule has 2 aromatic rings. The van der Waals surface area contributed by atoms with Gasteiger partial charge in [0.15, 0.2) is 11.5 Å². The topological polar surface area (TPSA) is 70.3 Å². The standard InChI is InChI=1S/C14H14ClN3O2/c1-8-5-19-10-3-2-9(4-11(10)20-6-8)13-12(15)14(16)18-7-17-13/h2-4,7-8H,5-6H2,1H3,(H2,16,17,18). The number of hydrogen-bond donors (Lipinski definition) is 1. The van der Waals surface area contributed by atoms with E-state index in [2.05, 4.69) is 16.9 Å². The number of hydrogen-bond acceptors (Lipinski definition) is 5. The predicted molar refractivity (Wildman–Crippen MR) is 77.0 cm³/mol. The van der Waals surface area contributed by atoms with Gasteiger partial charge in [-0.3, -0.25) is 0 Å². The van der Waals surface area contributed by atoms with E-state index < -0.39 is 0 Å². The van der Waals surface area contributed by atoms with Crippen LogP contribution >= 0.6 is 11.6 Å². The van der Waals surface area contributed by atoms with Gasteiger partial charge >= 0.3 is 0 Å². The number of nitrogens with zero attached hydrogens (tertiary/aromatic N) is 2. The average molecular weight is 292 g/mol. The number of anilines is 1. The van der Waals surface area contributed by atoms with Crippen molar-refractivity contribution in [1.82, 2.24) is 9.97 Å². The molecular formula is C14H14ClN3O2. The quantitative estimate of drug-likeness (QED) is 0.875. The Morgan fingerprint density at radius 1 is 1.20 bits per heavy atom. The first-order valence-electron chi connectivity index (χ1n) is 6.31. The number of ether oxygens (including phenoxy) is 2. The summed E-state index contributed by atoms with van der Waals surface area (Å²) in [5, 5.41) is 0.343. The van der Waals surface area contributed by atoms with Crippen molar-refractivity contribution in [3.05, 3.63) is 29.5 Å². The van der Waals surface area contributed by atoms with Crippen LogP contribution in [0.5, 0.6) is 11.5 Å². The highest BCUT2D eigenvalue weighted by atomic mass is 35.5. The second kappa shape index (κ2) is 5.17. The molecule has 6 heteroatoms. The third-order valence-corrected chi connectivity index (χ3v) is 3.45. The van der Waals surface area contributed by atoms with Crippen molar-refractivity contribution in [2.75, 3.05) is 18.9 Å². The largest absolute Gasteiger partial charge is 0.489 e. The van der Waals surface area contributed by atoms with Crippen LogP contribution < -0.4 is 15.2 Å². The van der Waals surface area contributed by atoms with Gasteiger partial charge in [-0.2, -0.15) is 0 Å². The molecule has 1 atom stereocenters. The number of benzene rings is 1. The number of rotatable bonds is 1. The molecule has 0 aliphatic carbocycles. The summed E-state index contributed by atoms with van der Waals surface area (Å²) in [7, 11) is 0. The van der Waals surface area contributed by atoms with E-state index in [-0.39, 0.29) is 5.82 Å². The van der Waals surface area contributed by atoms with Crippen LogP contribution in [0.25, 0.3) is 11.3 Å². The molecule has 1 unspecified atom stereocenters. The summed E-state index contributed by atoms with van der Waals surface area (Å²) in [6.07, 6.45) is 1.39. The molecule has 0 saturated heterocycles. The molecule has 0 saturated carbocycles. The van der Waals surface area contributed by atoms with Gasteiger partial charge < -0.3 is 15.2 Å². The van der Waals surface area contributed by atoms with Crippen molar-refractivity contribution >= 4 is 17.4 Å². The molecule has 1 aromatic carbocycles. The van der Waals surface area contributed by atoms with Crippen LogP contribution in [-0.4, -0.2) is 23.2 Å². The van der Waals surface area contributed by atoms with Gasteiger partial charge in [0.2, 0.25) is 0 Å².